The van der Waals surface area contributed by atoms with E-state index in [-0.39, 0.29) is 0 Å². The van der Waals surface area contributed by atoms with E-state index in [0.29, 0.717) is 12.4 Å². The smallest absolute Gasteiger partial charge is 0.180 e. The molecule has 0 atom stereocenters. The summed E-state index contributed by atoms with van der Waals surface area (Å²) in [6, 6.07) is 16.6. The van der Waals surface area contributed by atoms with Crippen LogP contribution in [0.4, 0.5) is 0 Å². The van der Waals surface area contributed by atoms with Crippen LogP contribution < -0.4 is 0 Å². The summed E-state index contributed by atoms with van der Waals surface area (Å²) in [5.74, 6) is 2.51. The van der Waals surface area contributed by atoms with E-state index in [1.54, 1.807) is 0 Å². The highest BCUT2D eigenvalue weighted by Gasteiger charge is 2.12. The molecule has 2 aromatic carbocycles. The molecule has 0 saturated carbocycles. The van der Waals surface area contributed by atoms with Crippen LogP contribution in [0.25, 0.3) is 22.5 Å². The highest BCUT2D eigenvalue weighted by Crippen LogP contribution is 2.29. The van der Waals surface area contributed by atoms with E-state index in [9.17, 15) is 0 Å². The van der Waals surface area contributed by atoms with Crippen LogP contribution in [0.3, 0.4) is 0 Å². The first kappa shape index (κ1) is 20.4. The number of tetrazole rings is 1. The van der Waals surface area contributed by atoms with Gasteiger partial charge < -0.3 is 0 Å². The van der Waals surface area contributed by atoms with Gasteiger partial charge in [0.25, 0.3) is 0 Å². The lowest BCUT2D eigenvalue weighted by atomic mass is 9.98. The van der Waals surface area contributed by atoms with E-state index < -0.39 is 0 Å². The molecule has 7 heteroatoms. The summed E-state index contributed by atoms with van der Waals surface area (Å²) in [4.78, 5) is 4.72. The first-order valence-corrected chi connectivity index (χ1v) is 10.4. The van der Waals surface area contributed by atoms with Crippen LogP contribution in [0.5, 0.6) is 0 Å². The quantitative estimate of drug-likeness (QED) is 0.391. The maximum absolute atomic E-state index is 4.72. The van der Waals surface area contributed by atoms with Crippen LogP contribution in [-0.4, -0.2) is 35.4 Å². The molecule has 1 N–H and O–H groups in total. The number of hydrogen-bond acceptors (Lipinski definition) is 5. The van der Waals surface area contributed by atoms with Gasteiger partial charge in [-0.25, -0.2) is 14.8 Å². The van der Waals surface area contributed by atoms with Crippen LogP contribution in [0.2, 0.25) is 0 Å². The van der Waals surface area contributed by atoms with Crippen molar-refractivity contribution >= 4 is 0 Å². The van der Waals surface area contributed by atoms with Gasteiger partial charge in [-0.15, -0.1) is 18.3 Å². The number of aromatic amines is 1. The average molecular weight is 412 g/mol. The maximum atomic E-state index is 4.72. The number of hydrogen-bond donors (Lipinski definition) is 1. The van der Waals surface area contributed by atoms with Crippen LogP contribution in [-0.2, 0) is 19.4 Å². The van der Waals surface area contributed by atoms with Crippen molar-refractivity contribution in [2.45, 2.75) is 32.2 Å². The van der Waals surface area contributed by atoms with E-state index >= 15 is 0 Å². The predicted molar refractivity (Wildman–Crippen MR) is 121 cm³/mol. The molecule has 0 bridgehead atoms. The lowest BCUT2D eigenvalue weighted by Gasteiger charge is -2.09. The van der Waals surface area contributed by atoms with Gasteiger partial charge in [0.15, 0.2) is 11.6 Å². The van der Waals surface area contributed by atoms with Gasteiger partial charge in [0.2, 0.25) is 0 Å². The Bertz CT molecular complexity index is 1140. The van der Waals surface area contributed by atoms with Gasteiger partial charge in [0.1, 0.15) is 5.82 Å². The Hall–Kier alpha value is -3.87. The van der Waals surface area contributed by atoms with Gasteiger partial charge in [-0.3, -0.25) is 0 Å². The van der Waals surface area contributed by atoms with E-state index in [4.69, 9.17) is 10.1 Å². The summed E-state index contributed by atoms with van der Waals surface area (Å²) in [5.41, 5.74) is 4.32. The minimum Gasteiger partial charge on any atom is -0.245 e. The highest BCUT2D eigenvalue weighted by atomic mass is 15.5. The third kappa shape index (κ3) is 4.83. The lowest BCUT2D eigenvalue weighted by molar-refractivity contribution is 0.629. The number of aromatic nitrogens is 7. The molecule has 0 spiro atoms. The Kier molecular flexibility index (Phi) is 6.42. The van der Waals surface area contributed by atoms with Crippen LogP contribution in [0.15, 0.2) is 73.8 Å². The molecule has 7 nitrogen and oxygen atoms in total. The molecule has 31 heavy (non-hydrogen) atoms. The summed E-state index contributed by atoms with van der Waals surface area (Å²) in [5, 5.41) is 19.0. The average Bonchev–Trinajstić information content (AvgIpc) is 3.47. The van der Waals surface area contributed by atoms with Gasteiger partial charge in [-0.1, -0.05) is 60.7 Å². The summed E-state index contributed by atoms with van der Waals surface area (Å²) < 4.78 is 2.01. The Balaban J connectivity index is 1.57. The number of nitrogens with one attached hydrogen (secondary N) is 1. The van der Waals surface area contributed by atoms with Crippen LogP contribution in [0.1, 0.15) is 30.1 Å². The second-order valence-corrected chi connectivity index (χ2v) is 7.25. The van der Waals surface area contributed by atoms with Crippen LogP contribution in [0, 0.1) is 0 Å². The number of aryl methyl sites for hydroxylation is 2. The van der Waals surface area contributed by atoms with E-state index in [1.807, 2.05) is 35.0 Å². The fourth-order valence-electron chi connectivity index (χ4n) is 3.48. The predicted octanol–water partition coefficient (Wildman–Crippen LogP) is 4.41. The summed E-state index contributed by atoms with van der Waals surface area (Å²) in [6.07, 6.45) is 7.21. The number of benzene rings is 2. The zero-order chi connectivity index (χ0) is 21.5. The van der Waals surface area contributed by atoms with Crippen molar-refractivity contribution < 1.29 is 0 Å². The zero-order valence-electron chi connectivity index (χ0n) is 17.4. The fourth-order valence-corrected chi connectivity index (χ4v) is 3.48. The van der Waals surface area contributed by atoms with Gasteiger partial charge in [-0.2, -0.15) is 5.10 Å². The second kappa shape index (κ2) is 9.75. The third-order valence-electron chi connectivity index (χ3n) is 5.06. The Labute approximate surface area is 181 Å². The number of H-pyrrole nitrogens is 1. The first-order chi connectivity index (χ1) is 15.3. The fraction of sp³-hybridized carbons (Fsp3) is 0.208. The molecular formula is C24H25N7. The minimum absolute atomic E-state index is 0.654. The van der Waals surface area contributed by atoms with Crippen molar-refractivity contribution in [2.75, 3.05) is 0 Å². The SMILES string of the molecule is C=CCCc1nc(CCC=C)n(Cc2ccc(-c3ccccc3-c3nnn[nH]3)cc2)n1. The maximum Gasteiger partial charge on any atom is 0.180 e. The normalized spacial score (nSPS) is 10.8. The second-order valence-electron chi connectivity index (χ2n) is 7.25. The van der Waals surface area contributed by atoms with Crippen molar-refractivity contribution in [3.8, 4) is 22.5 Å². The summed E-state index contributed by atoms with van der Waals surface area (Å²) in [7, 11) is 0. The molecule has 2 heterocycles. The molecule has 0 aliphatic heterocycles. The van der Waals surface area contributed by atoms with Crippen LogP contribution >= 0.6 is 0 Å². The molecule has 0 fully saturated rings. The molecule has 4 aromatic rings. The van der Waals surface area contributed by atoms with Gasteiger partial charge in [-0.05, 0) is 40.0 Å². The van der Waals surface area contributed by atoms with E-state index in [0.717, 1.165) is 54.0 Å². The largest absolute Gasteiger partial charge is 0.245 e. The Morgan fingerprint density at radius 1 is 0.903 bits per heavy atom. The molecule has 0 unspecified atom stereocenters. The van der Waals surface area contributed by atoms with Gasteiger partial charge in [0, 0.05) is 18.4 Å². The monoisotopic (exact) mass is 411 g/mol. The zero-order valence-corrected chi connectivity index (χ0v) is 17.4. The summed E-state index contributed by atoms with van der Waals surface area (Å²) >= 11 is 0. The number of rotatable bonds is 10. The molecule has 0 aliphatic carbocycles. The molecule has 0 radical (unpaired) electrons. The highest BCUT2D eigenvalue weighted by molar-refractivity contribution is 5.80. The van der Waals surface area contributed by atoms with Crippen molar-refractivity contribution in [2.24, 2.45) is 0 Å². The molecule has 2 aromatic heterocycles. The molecule has 0 aliphatic rings. The van der Waals surface area contributed by atoms with Crippen molar-refractivity contribution in [3.05, 3.63) is 91.1 Å². The topological polar surface area (TPSA) is 85.2 Å². The van der Waals surface area contributed by atoms with Gasteiger partial charge >= 0.3 is 0 Å². The van der Waals surface area contributed by atoms with Crippen molar-refractivity contribution in [1.82, 2.24) is 35.4 Å². The van der Waals surface area contributed by atoms with Crippen molar-refractivity contribution in [3.63, 3.8) is 0 Å². The molecule has 4 rings (SSSR count). The molecule has 0 saturated heterocycles. The Morgan fingerprint density at radius 2 is 1.65 bits per heavy atom. The minimum atomic E-state index is 0.654. The third-order valence-corrected chi connectivity index (χ3v) is 5.06. The van der Waals surface area contributed by atoms with Crippen molar-refractivity contribution in [1.29, 1.82) is 0 Å². The number of nitrogens with zero attached hydrogens (tertiary/aromatic N) is 6. The molecule has 156 valence electrons. The molecular weight excluding hydrogens is 386 g/mol. The standard InChI is InChI=1S/C24H25N7/c1-3-5-11-22-25-23(12-6-4-2)31(28-22)17-18-13-15-19(16-14-18)20-9-7-8-10-21(20)24-26-29-30-27-24/h3-4,7-10,13-16H,1-2,5-6,11-12,17H2,(H,26,27,29,30). The lowest BCUT2D eigenvalue weighted by Crippen LogP contribution is -2.07. The first-order valence-electron chi connectivity index (χ1n) is 10.4. The molecule has 0 amide bonds. The number of allylic oxidation sites excluding steroid dienone is 2. The van der Waals surface area contributed by atoms with Gasteiger partial charge in [0.05, 0.1) is 6.54 Å². The van der Waals surface area contributed by atoms with E-state index in [1.165, 1.54) is 5.56 Å². The summed E-state index contributed by atoms with van der Waals surface area (Å²) in [6.45, 7) is 8.30. The van der Waals surface area contributed by atoms with E-state index in [2.05, 4.69) is 64.1 Å². The Morgan fingerprint density at radius 3 is 2.35 bits per heavy atom.